The SMILES string of the molecule is CSCCC(NC(=O)C1CCCN1)C(=O)NC(Cc1c[nH]c2ccccc12)C(=O)NC(C(=O)O)C(C)C. The number of aromatic nitrogens is 1. The highest BCUT2D eigenvalue weighted by Gasteiger charge is 2.32. The summed E-state index contributed by atoms with van der Waals surface area (Å²) in [6, 6.07) is 4.32. The van der Waals surface area contributed by atoms with Gasteiger partial charge in [0.2, 0.25) is 17.7 Å². The van der Waals surface area contributed by atoms with Crippen molar-refractivity contribution in [3.05, 3.63) is 36.0 Å². The molecule has 1 aliphatic rings. The minimum atomic E-state index is -1.14. The Morgan fingerprint density at radius 3 is 2.46 bits per heavy atom. The Kier molecular flexibility index (Phi) is 10.4. The normalized spacial score (nSPS) is 17.8. The number of H-pyrrole nitrogens is 1. The van der Waals surface area contributed by atoms with E-state index in [0.717, 1.165) is 29.4 Å². The van der Waals surface area contributed by atoms with Gasteiger partial charge in [-0.15, -0.1) is 0 Å². The van der Waals surface area contributed by atoms with Crippen LogP contribution in [-0.2, 0) is 25.6 Å². The van der Waals surface area contributed by atoms with Gasteiger partial charge < -0.3 is 31.4 Å². The molecular formula is C26H37N5O5S. The van der Waals surface area contributed by atoms with Gasteiger partial charge in [0.05, 0.1) is 6.04 Å². The minimum absolute atomic E-state index is 0.152. The summed E-state index contributed by atoms with van der Waals surface area (Å²) in [5.74, 6) is -2.15. The zero-order chi connectivity index (χ0) is 26.9. The molecule has 0 spiro atoms. The van der Waals surface area contributed by atoms with Crippen LogP contribution in [0.2, 0.25) is 0 Å². The first-order valence-electron chi connectivity index (χ1n) is 12.6. The fourth-order valence-electron chi connectivity index (χ4n) is 4.45. The molecule has 4 unspecified atom stereocenters. The smallest absolute Gasteiger partial charge is 0.326 e. The zero-order valence-corrected chi connectivity index (χ0v) is 22.3. The van der Waals surface area contributed by atoms with Crippen LogP contribution < -0.4 is 21.3 Å². The van der Waals surface area contributed by atoms with E-state index < -0.39 is 35.9 Å². The molecule has 6 N–H and O–H groups in total. The standard InChI is InChI=1S/C26H37N5O5S/c1-15(2)22(26(35)36)31-25(34)21(13-16-14-28-18-8-5-4-7-17(16)18)30-24(33)20(10-12-37-3)29-23(32)19-9-6-11-27-19/h4-5,7-8,14-15,19-22,27-28H,6,9-13H2,1-3H3,(H,29,32)(H,30,33)(H,31,34)(H,35,36). The van der Waals surface area contributed by atoms with E-state index in [-0.39, 0.29) is 24.3 Å². The molecule has 0 saturated carbocycles. The lowest BCUT2D eigenvalue weighted by Crippen LogP contribution is -2.58. The quantitative estimate of drug-likeness (QED) is 0.229. The second-order valence-corrected chi connectivity index (χ2v) is 10.7. The molecule has 1 aliphatic heterocycles. The number of carbonyl (C=O) groups is 4. The number of nitrogens with one attached hydrogen (secondary N) is 5. The molecule has 10 nitrogen and oxygen atoms in total. The Hall–Kier alpha value is -3.05. The lowest BCUT2D eigenvalue weighted by molar-refractivity contribution is -0.143. The molecule has 2 heterocycles. The van der Waals surface area contributed by atoms with Crippen LogP contribution in [0.5, 0.6) is 0 Å². The molecule has 0 bridgehead atoms. The number of thioether (sulfide) groups is 1. The maximum absolute atomic E-state index is 13.4. The van der Waals surface area contributed by atoms with E-state index >= 15 is 0 Å². The molecule has 3 amide bonds. The molecule has 1 fully saturated rings. The van der Waals surface area contributed by atoms with Crippen molar-refractivity contribution in [3.63, 3.8) is 0 Å². The highest BCUT2D eigenvalue weighted by molar-refractivity contribution is 7.98. The van der Waals surface area contributed by atoms with Crippen LogP contribution in [0.1, 0.15) is 38.7 Å². The number of carbonyl (C=O) groups excluding carboxylic acids is 3. The number of hydrogen-bond acceptors (Lipinski definition) is 6. The molecule has 4 atom stereocenters. The van der Waals surface area contributed by atoms with Gasteiger partial charge in [-0.2, -0.15) is 11.8 Å². The summed E-state index contributed by atoms with van der Waals surface area (Å²) in [7, 11) is 0. The lowest BCUT2D eigenvalue weighted by atomic mass is 10.0. The molecule has 202 valence electrons. The number of aromatic amines is 1. The first-order valence-corrected chi connectivity index (χ1v) is 14.0. The maximum Gasteiger partial charge on any atom is 0.326 e. The van der Waals surface area contributed by atoms with E-state index in [9.17, 15) is 24.3 Å². The highest BCUT2D eigenvalue weighted by atomic mass is 32.2. The Morgan fingerprint density at radius 1 is 1.08 bits per heavy atom. The average molecular weight is 532 g/mol. The number of carboxylic acids is 1. The largest absolute Gasteiger partial charge is 0.480 e. The van der Waals surface area contributed by atoms with E-state index in [4.69, 9.17) is 0 Å². The number of carboxylic acid groups (broad SMARTS) is 1. The Morgan fingerprint density at radius 2 is 1.81 bits per heavy atom. The Labute approximate surface area is 221 Å². The molecule has 2 aromatic rings. The summed E-state index contributed by atoms with van der Waals surface area (Å²) in [5, 5.41) is 21.9. The van der Waals surface area contributed by atoms with Crippen molar-refractivity contribution in [2.45, 2.75) is 63.7 Å². The number of rotatable bonds is 13. The van der Waals surface area contributed by atoms with Gasteiger partial charge in [0, 0.05) is 23.5 Å². The van der Waals surface area contributed by atoms with Crippen LogP contribution in [-0.4, -0.2) is 76.5 Å². The van der Waals surface area contributed by atoms with Crippen molar-refractivity contribution < 1.29 is 24.3 Å². The van der Waals surface area contributed by atoms with Crippen LogP contribution in [0.25, 0.3) is 10.9 Å². The van der Waals surface area contributed by atoms with E-state index in [1.54, 1.807) is 31.8 Å². The molecular weight excluding hydrogens is 494 g/mol. The van der Waals surface area contributed by atoms with Gasteiger partial charge >= 0.3 is 5.97 Å². The molecule has 37 heavy (non-hydrogen) atoms. The van der Waals surface area contributed by atoms with E-state index in [1.165, 1.54) is 0 Å². The third kappa shape index (κ3) is 7.72. The number of para-hydroxylation sites is 1. The molecule has 3 rings (SSSR count). The molecule has 11 heteroatoms. The lowest BCUT2D eigenvalue weighted by Gasteiger charge is -2.26. The van der Waals surface area contributed by atoms with Crippen molar-refractivity contribution in [1.82, 2.24) is 26.3 Å². The van der Waals surface area contributed by atoms with Crippen LogP contribution in [0.15, 0.2) is 30.5 Å². The molecule has 1 aromatic heterocycles. The van der Waals surface area contributed by atoms with Crippen LogP contribution >= 0.6 is 11.8 Å². The molecule has 0 radical (unpaired) electrons. The number of fused-ring (bicyclic) bond motifs is 1. The maximum atomic E-state index is 13.4. The summed E-state index contributed by atoms with van der Waals surface area (Å²) in [6.45, 7) is 4.17. The zero-order valence-electron chi connectivity index (χ0n) is 21.5. The van der Waals surface area contributed by atoms with Crippen LogP contribution in [0, 0.1) is 5.92 Å². The summed E-state index contributed by atoms with van der Waals surface area (Å²) in [4.78, 5) is 54.3. The first-order chi connectivity index (χ1) is 17.7. The van der Waals surface area contributed by atoms with Gasteiger partial charge in [0.1, 0.15) is 18.1 Å². The topological polar surface area (TPSA) is 152 Å². The number of amides is 3. The summed E-state index contributed by atoms with van der Waals surface area (Å²) in [6.07, 6.45) is 5.86. The van der Waals surface area contributed by atoms with E-state index in [1.807, 2.05) is 30.5 Å². The van der Waals surface area contributed by atoms with E-state index in [2.05, 4.69) is 26.3 Å². The predicted octanol–water partition coefficient (Wildman–Crippen LogP) is 1.41. The average Bonchev–Trinajstić information content (AvgIpc) is 3.54. The minimum Gasteiger partial charge on any atom is -0.480 e. The predicted molar refractivity (Wildman–Crippen MR) is 144 cm³/mol. The molecule has 1 saturated heterocycles. The number of benzene rings is 1. The van der Waals surface area contributed by atoms with Crippen LogP contribution in [0.4, 0.5) is 0 Å². The van der Waals surface area contributed by atoms with Crippen molar-refractivity contribution in [3.8, 4) is 0 Å². The van der Waals surface area contributed by atoms with Crippen molar-refractivity contribution in [2.24, 2.45) is 5.92 Å². The third-order valence-electron chi connectivity index (χ3n) is 6.58. The third-order valence-corrected chi connectivity index (χ3v) is 7.23. The van der Waals surface area contributed by atoms with Crippen molar-refractivity contribution >= 4 is 46.4 Å². The van der Waals surface area contributed by atoms with Gasteiger partial charge in [0.25, 0.3) is 0 Å². The van der Waals surface area contributed by atoms with Crippen molar-refractivity contribution in [2.75, 3.05) is 18.6 Å². The molecule has 0 aliphatic carbocycles. The number of aliphatic carboxylic acids is 1. The monoisotopic (exact) mass is 531 g/mol. The Bertz CT molecular complexity index is 1100. The second-order valence-electron chi connectivity index (χ2n) is 9.68. The summed E-state index contributed by atoms with van der Waals surface area (Å²) >= 11 is 1.56. The second kappa shape index (κ2) is 13.5. The fourth-order valence-corrected chi connectivity index (χ4v) is 4.93. The van der Waals surface area contributed by atoms with Gasteiger partial charge in [0.15, 0.2) is 0 Å². The van der Waals surface area contributed by atoms with Gasteiger partial charge in [-0.05, 0) is 55.4 Å². The first kappa shape index (κ1) is 28.5. The number of hydrogen-bond donors (Lipinski definition) is 6. The van der Waals surface area contributed by atoms with Gasteiger partial charge in [-0.1, -0.05) is 32.0 Å². The van der Waals surface area contributed by atoms with E-state index in [0.29, 0.717) is 18.6 Å². The Balaban J connectivity index is 1.82. The van der Waals surface area contributed by atoms with Crippen molar-refractivity contribution in [1.29, 1.82) is 0 Å². The fraction of sp³-hybridized carbons (Fsp3) is 0.538. The summed E-state index contributed by atoms with van der Waals surface area (Å²) in [5.41, 5.74) is 1.70. The summed E-state index contributed by atoms with van der Waals surface area (Å²) < 4.78 is 0. The van der Waals surface area contributed by atoms with Gasteiger partial charge in [-0.3, -0.25) is 14.4 Å². The molecule has 1 aromatic carbocycles. The highest BCUT2D eigenvalue weighted by Crippen LogP contribution is 2.19. The van der Waals surface area contributed by atoms with Gasteiger partial charge in [-0.25, -0.2) is 4.79 Å². The van der Waals surface area contributed by atoms with Crippen LogP contribution in [0.3, 0.4) is 0 Å².